The molecular formula is C22H26ClN3O5S. The highest BCUT2D eigenvalue weighted by Crippen LogP contribution is 2.29. The highest BCUT2D eigenvalue weighted by Gasteiger charge is 2.27. The Labute approximate surface area is 192 Å². The zero-order valence-electron chi connectivity index (χ0n) is 18.0. The molecule has 0 unspecified atom stereocenters. The van der Waals surface area contributed by atoms with Crippen molar-refractivity contribution < 1.29 is 22.7 Å². The van der Waals surface area contributed by atoms with Crippen LogP contribution in [0.3, 0.4) is 0 Å². The minimum Gasteiger partial charge on any atom is -0.496 e. The van der Waals surface area contributed by atoms with Gasteiger partial charge >= 0.3 is 0 Å². The minimum atomic E-state index is -3.74. The van der Waals surface area contributed by atoms with Gasteiger partial charge in [0.05, 0.1) is 28.3 Å². The summed E-state index contributed by atoms with van der Waals surface area (Å²) >= 11 is 6.20. The highest BCUT2D eigenvalue weighted by atomic mass is 35.5. The fourth-order valence-electron chi connectivity index (χ4n) is 3.55. The first kappa shape index (κ1) is 24.0. The summed E-state index contributed by atoms with van der Waals surface area (Å²) in [6.45, 7) is 2.29. The molecule has 0 atom stereocenters. The number of methoxy groups -OCH3 is 1. The van der Waals surface area contributed by atoms with E-state index < -0.39 is 15.9 Å². The molecule has 0 aromatic heterocycles. The van der Waals surface area contributed by atoms with Crippen molar-refractivity contribution in [1.82, 2.24) is 4.31 Å². The predicted molar refractivity (Wildman–Crippen MR) is 124 cm³/mol. The van der Waals surface area contributed by atoms with Crippen LogP contribution in [0.4, 0.5) is 11.4 Å². The second-order valence-corrected chi connectivity index (χ2v) is 9.86. The molecule has 0 spiro atoms. The van der Waals surface area contributed by atoms with Crippen molar-refractivity contribution in [2.45, 2.75) is 37.5 Å². The Morgan fingerprint density at radius 1 is 1.00 bits per heavy atom. The Balaban J connectivity index is 1.92. The summed E-state index contributed by atoms with van der Waals surface area (Å²) in [6, 6.07) is 8.90. The normalized spacial score (nSPS) is 15.0. The molecular weight excluding hydrogens is 454 g/mol. The zero-order chi connectivity index (χ0) is 23.3. The average molecular weight is 480 g/mol. The molecule has 2 aromatic carbocycles. The number of carbonyl (C=O) groups is 2. The van der Waals surface area contributed by atoms with Crippen molar-refractivity contribution in [1.29, 1.82) is 0 Å². The summed E-state index contributed by atoms with van der Waals surface area (Å²) in [7, 11) is -2.34. The van der Waals surface area contributed by atoms with Gasteiger partial charge in [-0.15, -0.1) is 0 Å². The van der Waals surface area contributed by atoms with E-state index in [0.29, 0.717) is 18.8 Å². The van der Waals surface area contributed by atoms with E-state index in [0.717, 1.165) is 25.7 Å². The van der Waals surface area contributed by atoms with Gasteiger partial charge in [0.15, 0.2) is 0 Å². The van der Waals surface area contributed by atoms with E-state index in [4.69, 9.17) is 16.3 Å². The van der Waals surface area contributed by atoms with Crippen molar-refractivity contribution in [3.05, 3.63) is 47.0 Å². The van der Waals surface area contributed by atoms with Gasteiger partial charge in [-0.05, 0) is 49.2 Å². The van der Waals surface area contributed by atoms with E-state index in [9.17, 15) is 18.0 Å². The van der Waals surface area contributed by atoms with Gasteiger partial charge in [0.1, 0.15) is 5.75 Å². The van der Waals surface area contributed by atoms with E-state index in [1.165, 1.54) is 42.6 Å². The van der Waals surface area contributed by atoms with Crippen molar-refractivity contribution >= 4 is 44.8 Å². The van der Waals surface area contributed by atoms with Gasteiger partial charge < -0.3 is 15.4 Å². The van der Waals surface area contributed by atoms with E-state index in [-0.39, 0.29) is 32.8 Å². The van der Waals surface area contributed by atoms with Crippen LogP contribution in [0.25, 0.3) is 0 Å². The molecule has 1 saturated heterocycles. The van der Waals surface area contributed by atoms with Crippen molar-refractivity contribution in [3.63, 3.8) is 0 Å². The molecule has 2 N–H and O–H groups in total. The molecule has 10 heteroatoms. The maximum absolute atomic E-state index is 13.2. The predicted octanol–water partition coefficient (Wildman–Crippen LogP) is 4.12. The molecule has 2 aromatic rings. The standard InChI is InChI=1S/C22H26ClN3O5S/c1-15(27)24-16-7-9-19(23)20(13-16)25-22(28)18-14-17(8-10-21(18)31-2)32(29,30)26-11-5-3-4-6-12-26/h7-10,13-14H,3-6,11-12H2,1-2H3,(H,24,27)(H,25,28). The molecule has 1 aliphatic heterocycles. The van der Waals surface area contributed by atoms with Gasteiger partial charge in [-0.1, -0.05) is 24.4 Å². The van der Waals surface area contributed by atoms with Crippen molar-refractivity contribution in [2.75, 3.05) is 30.8 Å². The number of nitrogens with zero attached hydrogens (tertiary/aromatic N) is 1. The van der Waals surface area contributed by atoms with Gasteiger partial charge in [-0.3, -0.25) is 9.59 Å². The summed E-state index contributed by atoms with van der Waals surface area (Å²) in [5.41, 5.74) is 0.789. The van der Waals surface area contributed by atoms with Crippen LogP contribution in [0, 0.1) is 0 Å². The maximum atomic E-state index is 13.2. The van der Waals surface area contributed by atoms with E-state index in [2.05, 4.69) is 10.6 Å². The summed E-state index contributed by atoms with van der Waals surface area (Å²) in [6.07, 6.45) is 3.62. The highest BCUT2D eigenvalue weighted by molar-refractivity contribution is 7.89. The molecule has 0 saturated carbocycles. The molecule has 2 amide bonds. The van der Waals surface area contributed by atoms with Gasteiger partial charge in [0.25, 0.3) is 5.91 Å². The lowest BCUT2D eigenvalue weighted by atomic mass is 10.1. The quantitative estimate of drug-likeness (QED) is 0.648. The molecule has 1 fully saturated rings. The number of amides is 2. The van der Waals surface area contributed by atoms with E-state index >= 15 is 0 Å². The monoisotopic (exact) mass is 479 g/mol. The number of ether oxygens (including phenoxy) is 1. The van der Waals surface area contributed by atoms with Crippen molar-refractivity contribution in [3.8, 4) is 5.75 Å². The maximum Gasteiger partial charge on any atom is 0.259 e. The number of carbonyl (C=O) groups excluding carboxylic acids is 2. The Hall–Kier alpha value is -2.62. The first-order chi connectivity index (χ1) is 15.2. The summed E-state index contributed by atoms with van der Waals surface area (Å²) < 4.78 is 33.1. The molecule has 3 rings (SSSR count). The number of hydrogen-bond acceptors (Lipinski definition) is 5. The number of benzene rings is 2. The van der Waals surface area contributed by atoms with Crippen LogP contribution < -0.4 is 15.4 Å². The third kappa shape index (κ3) is 5.59. The van der Waals surface area contributed by atoms with Crippen LogP contribution in [-0.2, 0) is 14.8 Å². The second kappa shape index (κ2) is 10.3. The lowest BCUT2D eigenvalue weighted by Gasteiger charge is -2.21. The Morgan fingerprint density at radius 2 is 1.69 bits per heavy atom. The fourth-order valence-corrected chi connectivity index (χ4v) is 5.26. The van der Waals surface area contributed by atoms with Crippen LogP contribution >= 0.6 is 11.6 Å². The van der Waals surface area contributed by atoms with Gasteiger partial charge in [0, 0.05) is 25.7 Å². The second-order valence-electron chi connectivity index (χ2n) is 7.51. The number of sulfonamides is 1. The third-order valence-electron chi connectivity index (χ3n) is 5.15. The molecule has 172 valence electrons. The zero-order valence-corrected chi connectivity index (χ0v) is 19.6. The minimum absolute atomic E-state index is 0.0310. The number of hydrogen-bond donors (Lipinski definition) is 2. The smallest absolute Gasteiger partial charge is 0.259 e. The van der Waals surface area contributed by atoms with Crippen LogP contribution in [0.5, 0.6) is 5.75 Å². The number of nitrogens with one attached hydrogen (secondary N) is 2. The van der Waals surface area contributed by atoms with Crippen LogP contribution in [0.2, 0.25) is 5.02 Å². The van der Waals surface area contributed by atoms with Crippen LogP contribution in [0.1, 0.15) is 43.0 Å². The number of halogens is 1. The van der Waals surface area contributed by atoms with Crippen LogP contribution in [-0.4, -0.2) is 44.7 Å². The molecule has 0 aliphatic carbocycles. The molecule has 1 aliphatic rings. The topological polar surface area (TPSA) is 105 Å². The summed E-state index contributed by atoms with van der Waals surface area (Å²) in [5.74, 6) is -0.624. The van der Waals surface area contributed by atoms with Gasteiger partial charge in [-0.2, -0.15) is 4.31 Å². The van der Waals surface area contributed by atoms with Crippen LogP contribution in [0.15, 0.2) is 41.3 Å². The molecule has 8 nitrogen and oxygen atoms in total. The Kier molecular flexibility index (Phi) is 7.76. The number of rotatable bonds is 6. The van der Waals surface area contributed by atoms with E-state index in [1.54, 1.807) is 12.1 Å². The lowest BCUT2D eigenvalue weighted by Crippen LogP contribution is -2.32. The molecule has 0 radical (unpaired) electrons. The van der Waals surface area contributed by atoms with Gasteiger partial charge in [-0.25, -0.2) is 8.42 Å². The molecule has 1 heterocycles. The lowest BCUT2D eigenvalue weighted by molar-refractivity contribution is -0.114. The first-order valence-electron chi connectivity index (χ1n) is 10.3. The average Bonchev–Trinajstić information content (AvgIpc) is 3.05. The Bertz CT molecular complexity index is 1110. The van der Waals surface area contributed by atoms with Crippen molar-refractivity contribution in [2.24, 2.45) is 0 Å². The summed E-state index contributed by atoms with van der Waals surface area (Å²) in [5, 5.41) is 5.56. The van der Waals surface area contributed by atoms with E-state index in [1.807, 2.05) is 0 Å². The number of anilines is 2. The summed E-state index contributed by atoms with van der Waals surface area (Å²) in [4.78, 5) is 24.4. The largest absolute Gasteiger partial charge is 0.496 e. The SMILES string of the molecule is COc1ccc(S(=O)(=O)N2CCCCCC2)cc1C(=O)Nc1cc(NC(C)=O)ccc1Cl. The van der Waals surface area contributed by atoms with Gasteiger partial charge in [0.2, 0.25) is 15.9 Å². The molecule has 0 bridgehead atoms. The first-order valence-corrected chi connectivity index (χ1v) is 12.1. The molecule has 32 heavy (non-hydrogen) atoms. The third-order valence-corrected chi connectivity index (χ3v) is 7.38. The fraction of sp³-hybridized carbons (Fsp3) is 0.364. The Morgan fingerprint density at radius 3 is 2.31 bits per heavy atom.